The van der Waals surface area contributed by atoms with Crippen molar-refractivity contribution in [1.82, 2.24) is 10.4 Å². The van der Waals surface area contributed by atoms with Crippen LogP contribution in [-0.4, -0.2) is 24.0 Å². The predicted molar refractivity (Wildman–Crippen MR) is 76.2 cm³/mol. The molecule has 3 nitrogen and oxygen atoms in total. The zero-order valence-electron chi connectivity index (χ0n) is 10.4. The number of nitrogens with zero attached hydrogens (tertiary/aromatic N) is 1. The Morgan fingerprint density at radius 1 is 1.39 bits per heavy atom. The molecule has 1 aromatic carbocycles. The Morgan fingerprint density at radius 2 is 2.11 bits per heavy atom. The van der Waals surface area contributed by atoms with Gasteiger partial charge in [0.1, 0.15) is 0 Å². The van der Waals surface area contributed by atoms with Gasteiger partial charge in [-0.15, -0.1) is 0 Å². The molecule has 0 radical (unpaired) electrons. The Labute approximate surface area is 116 Å². The third-order valence-corrected chi connectivity index (χ3v) is 3.65. The minimum absolute atomic E-state index is 0.0455. The summed E-state index contributed by atoms with van der Waals surface area (Å²) in [6.45, 7) is 3.86. The molecule has 4 heteroatoms. The van der Waals surface area contributed by atoms with E-state index in [9.17, 15) is 4.79 Å². The van der Waals surface area contributed by atoms with Crippen molar-refractivity contribution in [2.24, 2.45) is 0 Å². The van der Waals surface area contributed by atoms with E-state index >= 15 is 0 Å². The van der Waals surface area contributed by atoms with Gasteiger partial charge in [-0.1, -0.05) is 34.5 Å². The van der Waals surface area contributed by atoms with E-state index in [4.69, 9.17) is 0 Å². The van der Waals surface area contributed by atoms with Crippen molar-refractivity contribution < 1.29 is 4.79 Å². The van der Waals surface area contributed by atoms with Gasteiger partial charge in [0, 0.05) is 23.1 Å². The molecule has 96 valence electrons. The fourth-order valence-corrected chi connectivity index (χ4v) is 2.21. The highest BCUT2D eigenvalue weighted by molar-refractivity contribution is 9.10. The van der Waals surface area contributed by atoms with E-state index in [-0.39, 0.29) is 5.91 Å². The highest BCUT2D eigenvalue weighted by atomic mass is 79.9. The smallest absolute Gasteiger partial charge is 0.265 e. The summed E-state index contributed by atoms with van der Waals surface area (Å²) in [4.78, 5) is 12.0. The number of hydrazine groups is 1. The lowest BCUT2D eigenvalue weighted by Gasteiger charge is -2.26. The Balaban J connectivity index is 1.92. The van der Waals surface area contributed by atoms with Crippen molar-refractivity contribution in [2.75, 3.05) is 13.1 Å². The summed E-state index contributed by atoms with van der Waals surface area (Å²) < 4.78 is 0.979. The van der Waals surface area contributed by atoms with Crippen LogP contribution in [0.4, 0.5) is 0 Å². The molecular formula is C14H17BrN2O. The number of rotatable bonds is 3. The topological polar surface area (TPSA) is 32.3 Å². The average molecular weight is 309 g/mol. The largest absolute Gasteiger partial charge is 0.284 e. The summed E-state index contributed by atoms with van der Waals surface area (Å²) in [6.07, 6.45) is 4.34. The molecule has 18 heavy (non-hydrogen) atoms. The van der Waals surface area contributed by atoms with Crippen LogP contribution in [0, 0.1) is 0 Å². The van der Waals surface area contributed by atoms with Gasteiger partial charge in [0.25, 0.3) is 5.91 Å². The van der Waals surface area contributed by atoms with E-state index < -0.39 is 0 Å². The molecule has 1 aliphatic rings. The zero-order valence-corrected chi connectivity index (χ0v) is 12.0. The maximum atomic E-state index is 12.0. The Kier molecular flexibility index (Phi) is 4.55. The van der Waals surface area contributed by atoms with Crippen LogP contribution in [-0.2, 0) is 0 Å². The first-order valence-electron chi connectivity index (χ1n) is 6.18. The van der Waals surface area contributed by atoms with Crippen LogP contribution < -0.4 is 5.43 Å². The van der Waals surface area contributed by atoms with Crippen molar-refractivity contribution >= 4 is 21.8 Å². The molecule has 0 aliphatic carbocycles. The average Bonchev–Trinajstić information content (AvgIpc) is 2.40. The zero-order chi connectivity index (χ0) is 13.0. The molecule has 1 heterocycles. The number of carbonyl (C=O) groups excluding carboxylic acids is 1. The number of hydrogen-bond donors (Lipinski definition) is 1. The van der Waals surface area contributed by atoms with E-state index in [2.05, 4.69) is 34.4 Å². The normalized spacial score (nSPS) is 16.2. The van der Waals surface area contributed by atoms with Crippen molar-refractivity contribution in [3.8, 4) is 0 Å². The van der Waals surface area contributed by atoms with Crippen LogP contribution in [0.2, 0.25) is 0 Å². The van der Waals surface area contributed by atoms with Gasteiger partial charge in [0.05, 0.1) is 0 Å². The molecule has 1 aromatic rings. The van der Waals surface area contributed by atoms with Gasteiger partial charge in [-0.05, 0) is 37.1 Å². The summed E-state index contributed by atoms with van der Waals surface area (Å²) >= 11 is 3.36. The molecule has 0 atom stereocenters. The summed E-state index contributed by atoms with van der Waals surface area (Å²) in [5.41, 5.74) is 5.09. The fourth-order valence-electron chi connectivity index (χ4n) is 1.94. The van der Waals surface area contributed by atoms with E-state index in [0.717, 1.165) is 30.4 Å². The monoisotopic (exact) mass is 308 g/mol. The molecular weight excluding hydrogens is 292 g/mol. The minimum atomic E-state index is -0.0455. The molecule has 0 aromatic heterocycles. The highest BCUT2D eigenvalue weighted by Gasteiger charge is 2.13. The van der Waals surface area contributed by atoms with E-state index in [0.29, 0.717) is 5.56 Å². The lowest BCUT2D eigenvalue weighted by atomic mass is 10.1. The second-order valence-electron chi connectivity index (χ2n) is 4.36. The first-order chi connectivity index (χ1) is 8.69. The molecule has 1 N–H and O–H groups in total. The van der Waals surface area contributed by atoms with Crippen LogP contribution >= 0.6 is 15.9 Å². The number of carbonyl (C=O) groups is 1. The molecule has 0 saturated heterocycles. The standard InChI is InChI=1S/C14H17BrN2O/c1-2-11-7-9-17(10-8-11)16-14(18)12-3-5-13(15)6-4-12/h3-7H,2,8-10H2,1H3,(H,16,18). The molecule has 0 bridgehead atoms. The Morgan fingerprint density at radius 3 is 2.67 bits per heavy atom. The second kappa shape index (κ2) is 6.16. The van der Waals surface area contributed by atoms with E-state index in [1.165, 1.54) is 5.57 Å². The van der Waals surface area contributed by atoms with Gasteiger partial charge in [-0.3, -0.25) is 10.2 Å². The third-order valence-electron chi connectivity index (χ3n) is 3.12. The second-order valence-corrected chi connectivity index (χ2v) is 5.28. The van der Waals surface area contributed by atoms with Gasteiger partial charge in [-0.25, -0.2) is 5.01 Å². The first-order valence-corrected chi connectivity index (χ1v) is 6.97. The van der Waals surface area contributed by atoms with Gasteiger partial charge in [-0.2, -0.15) is 0 Å². The van der Waals surface area contributed by atoms with E-state index in [1.54, 1.807) is 0 Å². The molecule has 1 aliphatic heterocycles. The molecule has 0 spiro atoms. The number of nitrogens with one attached hydrogen (secondary N) is 1. The number of amides is 1. The van der Waals surface area contributed by atoms with Gasteiger partial charge < -0.3 is 0 Å². The Hall–Kier alpha value is -1.13. The third kappa shape index (κ3) is 3.43. The van der Waals surface area contributed by atoms with Gasteiger partial charge in [0.2, 0.25) is 0 Å². The number of hydrogen-bond acceptors (Lipinski definition) is 2. The molecule has 0 unspecified atom stereocenters. The Bertz CT molecular complexity index is 453. The molecule has 2 rings (SSSR count). The van der Waals surface area contributed by atoms with Crippen LogP contribution in [0.25, 0.3) is 0 Å². The highest BCUT2D eigenvalue weighted by Crippen LogP contribution is 2.13. The SMILES string of the molecule is CCC1=CCN(NC(=O)c2ccc(Br)cc2)CC1. The van der Waals surface area contributed by atoms with Crippen LogP contribution in [0.3, 0.4) is 0 Å². The van der Waals surface area contributed by atoms with Crippen molar-refractivity contribution in [2.45, 2.75) is 19.8 Å². The van der Waals surface area contributed by atoms with E-state index in [1.807, 2.05) is 29.3 Å². The van der Waals surface area contributed by atoms with Crippen LogP contribution in [0.5, 0.6) is 0 Å². The lowest BCUT2D eigenvalue weighted by Crippen LogP contribution is -2.44. The molecule has 1 amide bonds. The number of benzene rings is 1. The van der Waals surface area contributed by atoms with Crippen LogP contribution in [0.1, 0.15) is 30.1 Å². The maximum absolute atomic E-state index is 12.0. The minimum Gasteiger partial charge on any atom is -0.284 e. The summed E-state index contributed by atoms with van der Waals surface area (Å²) in [7, 11) is 0. The number of halogens is 1. The summed E-state index contributed by atoms with van der Waals surface area (Å²) in [6, 6.07) is 7.38. The van der Waals surface area contributed by atoms with Crippen molar-refractivity contribution in [1.29, 1.82) is 0 Å². The molecule has 0 fully saturated rings. The fraction of sp³-hybridized carbons (Fsp3) is 0.357. The van der Waals surface area contributed by atoms with Crippen molar-refractivity contribution in [3.05, 3.63) is 46.0 Å². The van der Waals surface area contributed by atoms with Gasteiger partial charge >= 0.3 is 0 Å². The maximum Gasteiger partial charge on any atom is 0.265 e. The van der Waals surface area contributed by atoms with Crippen LogP contribution in [0.15, 0.2) is 40.4 Å². The summed E-state index contributed by atoms with van der Waals surface area (Å²) in [5.74, 6) is -0.0455. The molecule has 0 saturated carbocycles. The first kappa shape index (κ1) is 13.3. The van der Waals surface area contributed by atoms with Crippen molar-refractivity contribution in [3.63, 3.8) is 0 Å². The lowest BCUT2D eigenvalue weighted by molar-refractivity contribution is 0.0801. The quantitative estimate of drug-likeness (QED) is 0.870. The predicted octanol–water partition coefficient (Wildman–Crippen LogP) is 3.14. The summed E-state index contributed by atoms with van der Waals surface area (Å²) in [5, 5.41) is 1.96. The van der Waals surface area contributed by atoms with Gasteiger partial charge in [0.15, 0.2) is 0 Å².